The Morgan fingerprint density at radius 1 is 1.18 bits per heavy atom. The molecule has 0 fully saturated rings. The van der Waals surface area contributed by atoms with Crippen molar-refractivity contribution in [1.82, 2.24) is 0 Å². The number of carbonyl (C=O) groups is 1. The topological polar surface area (TPSA) is 55.8 Å². The molecule has 2 unspecified atom stereocenters. The van der Waals surface area contributed by atoms with Crippen LogP contribution in [0.4, 0.5) is 8.78 Å². The van der Waals surface area contributed by atoms with Crippen LogP contribution in [0.5, 0.6) is 0 Å². The summed E-state index contributed by atoms with van der Waals surface area (Å²) in [6.07, 6.45) is -2.57. The summed E-state index contributed by atoms with van der Waals surface area (Å²) in [6, 6.07) is 0. The number of halogens is 2. The monoisotopic (exact) mass is 254 g/mol. The molecule has 2 atom stereocenters. The molecule has 0 aliphatic carbocycles. The van der Waals surface area contributed by atoms with Gasteiger partial charge in [-0.05, 0) is 5.92 Å². The van der Waals surface area contributed by atoms with Gasteiger partial charge in [0, 0.05) is 13.0 Å². The van der Waals surface area contributed by atoms with E-state index >= 15 is 0 Å². The van der Waals surface area contributed by atoms with Gasteiger partial charge in [-0.15, -0.1) is 0 Å². The molecule has 0 amide bonds. The third-order valence-electron chi connectivity index (χ3n) is 2.31. The lowest BCUT2D eigenvalue weighted by Gasteiger charge is -2.31. The quantitative estimate of drug-likeness (QED) is 0.709. The summed E-state index contributed by atoms with van der Waals surface area (Å²) in [5, 5.41) is 8.51. The van der Waals surface area contributed by atoms with Crippen molar-refractivity contribution in [2.24, 2.45) is 11.8 Å². The molecule has 0 bridgehead atoms. The summed E-state index contributed by atoms with van der Waals surface area (Å²) in [6.45, 7) is 6.44. The molecule has 0 aromatic carbocycles. The lowest BCUT2D eigenvalue weighted by molar-refractivity contribution is -0.247. The molecule has 0 spiro atoms. The van der Waals surface area contributed by atoms with Gasteiger partial charge >= 0.3 is 11.9 Å². The minimum absolute atomic E-state index is 0.147. The normalized spacial score (nSPS) is 16.3. The largest absolute Gasteiger partial charge is 0.477 e. The maximum atomic E-state index is 13.4. The van der Waals surface area contributed by atoms with Crippen LogP contribution in [0.15, 0.2) is 0 Å². The van der Waals surface area contributed by atoms with Crippen LogP contribution in [0.1, 0.15) is 27.7 Å². The Morgan fingerprint density at radius 2 is 1.65 bits per heavy atom. The van der Waals surface area contributed by atoms with Crippen LogP contribution in [-0.2, 0) is 14.3 Å². The molecule has 0 heterocycles. The summed E-state index contributed by atoms with van der Waals surface area (Å²) < 4.78 is 36.9. The molecule has 0 rings (SSSR count). The standard InChI is InChI=1S/C11H20F2O4/c1-6(2)8(11(12,13)10(14)15)17-9(16-5)7(3)4/h6-9H,1-5H3,(H,14,15). The van der Waals surface area contributed by atoms with Crippen molar-refractivity contribution >= 4 is 5.97 Å². The molecule has 1 N–H and O–H groups in total. The van der Waals surface area contributed by atoms with Crippen LogP contribution in [0.3, 0.4) is 0 Å². The van der Waals surface area contributed by atoms with Gasteiger partial charge in [0.25, 0.3) is 0 Å². The number of ether oxygens (including phenoxy) is 2. The number of aliphatic carboxylic acids is 1. The lowest BCUT2D eigenvalue weighted by atomic mass is 10.0. The van der Waals surface area contributed by atoms with E-state index in [1.165, 1.54) is 21.0 Å². The van der Waals surface area contributed by atoms with Crippen molar-refractivity contribution in [1.29, 1.82) is 0 Å². The Kier molecular flexibility index (Phi) is 5.98. The van der Waals surface area contributed by atoms with Crippen molar-refractivity contribution in [3.05, 3.63) is 0 Å². The zero-order valence-corrected chi connectivity index (χ0v) is 10.7. The molecular formula is C11H20F2O4. The molecule has 0 aliphatic rings. The molecular weight excluding hydrogens is 234 g/mol. The lowest BCUT2D eigenvalue weighted by Crippen LogP contribution is -2.48. The minimum atomic E-state index is -3.93. The van der Waals surface area contributed by atoms with Crippen molar-refractivity contribution in [3.63, 3.8) is 0 Å². The molecule has 17 heavy (non-hydrogen) atoms. The maximum Gasteiger partial charge on any atom is 0.377 e. The van der Waals surface area contributed by atoms with E-state index in [1.807, 2.05) is 0 Å². The van der Waals surface area contributed by atoms with E-state index in [-0.39, 0.29) is 5.92 Å². The molecule has 0 aliphatic heterocycles. The highest BCUT2D eigenvalue weighted by Crippen LogP contribution is 2.29. The molecule has 0 aromatic heterocycles. The van der Waals surface area contributed by atoms with Gasteiger partial charge in [-0.1, -0.05) is 27.7 Å². The smallest absolute Gasteiger partial charge is 0.377 e. The fourth-order valence-corrected chi connectivity index (χ4v) is 1.41. The molecule has 0 saturated carbocycles. The van der Waals surface area contributed by atoms with Crippen LogP contribution < -0.4 is 0 Å². The maximum absolute atomic E-state index is 13.4. The SMILES string of the molecule is COC(OC(C(C)C)C(F)(F)C(=O)O)C(C)C. The van der Waals surface area contributed by atoms with E-state index < -0.39 is 30.2 Å². The predicted octanol–water partition coefficient (Wildman–Crippen LogP) is 2.38. The number of methoxy groups -OCH3 is 1. The number of rotatable bonds is 7. The number of hydrogen-bond donors (Lipinski definition) is 1. The van der Waals surface area contributed by atoms with E-state index in [0.29, 0.717) is 0 Å². The van der Waals surface area contributed by atoms with Crippen LogP contribution in [0.25, 0.3) is 0 Å². The first kappa shape index (κ1) is 16.2. The van der Waals surface area contributed by atoms with Crippen molar-refractivity contribution in [2.75, 3.05) is 7.11 Å². The Morgan fingerprint density at radius 3 is 1.88 bits per heavy atom. The second-order valence-corrected chi connectivity index (χ2v) is 4.58. The van der Waals surface area contributed by atoms with Crippen LogP contribution in [0, 0.1) is 11.8 Å². The third-order valence-corrected chi connectivity index (χ3v) is 2.31. The zero-order chi connectivity index (χ0) is 13.8. The third kappa shape index (κ3) is 4.20. The van der Waals surface area contributed by atoms with Gasteiger partial charge in [0.05, 0.1) is 0 Å². The Balaban J connectivity index is 4.94. The highest BCUT2D eigenvalue weighted by Gasteiger charge is 2.51. The molecule has 0 aromatic rings. The van der Waals surface area contributed by atoms with Gasteiger partial charge in [-0.25, -0.2) is 4.79 Å². The van der Waals surface area contributed by atoms with Gasteiger partial charge in [-0.2, -0.15) is 8.78 Å². The summed E-state index contributed by atoms with van der Waals surface area (Å²) in [5.74, 6) is -6.90. The molecule has 6 heteroatoms. The van der Waals surface area contributed by atoms with E-state index in [9.17, 15) is 13.6 Å². The van der Waals surface area contributed by atoms with Gasteiger partial charge in [-0.3, -0.25) is 0 Å². The number of carboxylic acids is 1. The molecule has 102 valence electrons. The van der Waals surface area contributed by atoms with E-state index in [4.69, 9.17) is 14.6 Å². The summed E-state index contributed by atoms with van der Waals surface area (Å²) in [5.41, 5.74) is 0. The van der Waals surface area contributed by atoms with Gasteiger partial charge in [0.1, 0.15) is 6.10 Å². The Labute approximate surface area is 99.9 Å². The predicted molar refractivity (Wildman–Crippen MR) is 57.9 cm³/mol. The fraction of sp³-hybridized carbons (Fsp3) is 0.909. The molecule has 4 nitrogen and oxygen atoms in total. The van der Waals surface area contributed by atoms with Crippen LogP contribution >= 0.6 is 0 Å². The van der Waals surface area contributed by atoms with Gasteiger partial charge in [0.15, 0.2) is 6.29 Å². The second kappa shape index (κ2) is 6.26. The minimum Gasteiger partial charge on any atom is -0.477 e. The van der Waals surface area contributed by atoms with Gasteiger partial charge in [0.2, 0.25) is 0 Å². The van der Waals surface area contributed by atoms with Crippen LogP contribution in [0.2, 0.25) is 0 Å². The van der Waals surface area contributed by atoms with E-state index in [1.54, 1.807) is 13.8 Å². The first-order valence-electron chi connectivity index (χ1n) is 5.44. The zero-order valence-electron chi connectivity index (χ0n) is 10.7. The number of carboxylic acid groups (broad SMARTS) is 1. The first-order chi connectivity index (χ1) is 7.64. The average molecular weight is 254 g/mol. The highest BCUT2D eigenvalue weighted by atomic mass is 19.3. The molecule has 0 radical (unpaired) electrons. The number of alkyl halides is 2. The Hall–Kier alpha value is -0.750. The number of hydrogen-bond acceptors (Lipinski definition) is 3. The molecule has 0 saturated heterocycles. The van der Waals surface area contributed by atoms with Gasteiger partial charge < -0.3 is 14.6 Å². The van der Waals surface area contributed by atoms with E-state index in [0.717, 1.165) is 0 Å². The van der Waals surface area contributed by atoms with Crippen molar-refractivity contribution in [2.45, 2.75) is 46.0 Å². The summed E-state index contributed by atoms with van der Waals surface area (Å²) >= 11 is 0. The highest BCUT2D eigenvalue weighted by molar-refractivity contribution is 5.76. The second-order valence-electron chi connectivity index (χ2n) is 4.58. The van der Waals surface area contributed by atoms with Crippen LogP contribution in [-0.4, -0.2) is 36.5 Å². The van der Waals surface area contributed by atoms with Crippen molar-refractivity contribution in [3.8, 4) is 0 Å². The first-order valence-corrected chi connectivity index (χ1v) is 5.44. The summed E-state index contributed by atoms with van der Waals surface area (Å²) in [4.78, 5) is 10.5. The Bertz CT molecular complexity index is 254. The van der Waals surface area contributed by atoms with E-state index in [2.05, 4.69) is 0 Å². The van der Waals surface area contributed by atoms with Crippen molar-refractivity contribution < 1.29 is 28.2 Å². The average Bonchev–Trinajstić information content (AvgIpc) is 2.16. The summed E-state index contributed by atoms with van der Waals surface area (Å²) in [7, 11) is 1.33. The fourth-order valence-electron chi connectivity index (χ4n) is 1.41.